The van der Waals surface area contributed by atoms with Gasteiger partial charge in [-0.1, -0.05) is 11.6 Å². The van der Waals surface area contributed by atoms with E-state index in [4.69, 9.17) is 31.2 Å². The largest absolute Gasteiger partial charge is 0.490 e. The molecule has 3 fully saturated rings. The monoisotopic (exact) mass is 531 g/mol. The number of methoxy groups -OCH3 is 1. The lowest BCUT2D eigenvalue weighted by Gasteiger charge is -2.56. The van der Waals surface area contributed by atoms with Crippen LogP contribution < -0.4 is 14.4 Å². The number of hydrogen-bond donors (Lipinski definition) is 1. The number of nitrogens with zero attached hydrogens (tertiary/aromatic N) is 7. The Morgan fingerprint density at radius 1 is 1.16 bits per heavy atom. The summed E-state index contributed by atoms with van der Waals surface area (Å²) in [4.78, 5) is 13.9. The standard InChI is InChI=1S/C27H26ClN7O3/c1-37-27-24(28)6-17(10-31-27)13-34-20-7-21(34)15-33(14-20)25-3-2-18(11-30-25)23-8-22(38-5-4-36)16-35-26(23)19(9-29)12-32-35/h2-3,6,8,10-12,16,20-21,36H,4-5,7,13-15H2,1H3. The van der Waals surface area contributed by atoms with Gasteiger partial charge in [-0.3, -0.25) is 4.90 Å². The lowest BCUT2D eigenvalue weighted by Crippen LogP contribution is -2.68. The Labute approximate surface area is 224 Å². The first-order valence-electron chi connectivity index (χ1n) is 12.4. The van der Waals surface area contributed by atoms with Crippen molar-refractivity contribution in [1.29, 1.82) is 5.26 Å². The van der Waals surface area contributed by atoms with Gasteiger partial charge in [0.2, 0.25) is 5.88 Å². The van der Waals surface area contributed by atoms with Crippen LogP contribution in [0.25, 0.3) is 16.6 Å². The van der Waals surface area contributed by atoms with E-state index in [0.717, 1.165) is 42.1 Å². The van der Waals surface area contributed by atoms with Crippen molar-refractivity contribution in [3.8, 4) is 28.8 Å². The number of halogens is 1. The van der Waals surface area contributed by atoms with Crippen LogP contribution >= 0.6 is 11.6 Å². The van der Waals surface area contributed by atoms with Crippen molar-refractivity contribution in [2.24, 2.45) is 0 Å². The van der Waals surface area contributed by atoms with Crippen LogP contribution in [0.4, 0.5) is 5.82 Å². The molecule has 2 unspecified atom stereocenters. The number of aliphatic hydroxyl groups is 1. The number of hydrogen-bond acceptors (Lipinski definition) is 9. The third-order valence-electron chi connectivity index (χ3n) is 7.22. The zero-order chi connectivity index (χ0) is 26.2. The Hall–Kier alpha value is -3.91. The third-order valence-corrected chi connectivity index (χ3v) is 7.49. The highest BCUT2D eigenvalue weighted by atomic mass is 35.5. The second-order valence-corrected chi connectivity index (χ2v) is 9.89. The van der Waals surface area contributed by atoms with Gasteiger partial charge in [-0.25, -0.2) is 14.5 Å². The molecule has 3 aliphatic rings. The van der Waals surface area contributed by atoms with Crippen molar-refractivity contribution in [2.75, 3.05) is 38.3 Å². The van der Waals surface area contributed by atoms with Gasteiger partial charge < -0.3 is 19.5 Å². The summed E-state index contributed by atoms with van der Waals surface area (Å²) >= 11 is 6.27. The fraction of sp³-hybridized carbons (Fsp3) is 0.333. The van der Waals surface area contributed by atoms with Crippen LogP contribution in [-0.2, 0) is 6.54 Å². The molecule has 3 saturated heterocycles. The smallest absolute Gasteiger partial charge is 0.232 e. The molecule has 2 bridgehead atoms. The molecule has 4 aromatic heterocycles. The molecular weight excluding hydrogens is 506 g/mol. The van der Waals surface area contributed by atoms with E-state index in [9.17, 15) is 5.26 Å². The summed E-state index contributed by atoms with van der Waals surface area (Å²) in [5.41, 5.74) is 3.91. The highest BCUT2D eigenvalue weighted by Crippen LogP contribution is 2.37. The fourth-order valence-corrected chi connectivity index (χ4v) is 5.68. The van der Waals surface area contributed by atoms with E-state index < -0.39 is 0 Å². The molecule has 7 heterocycles. The zero-order valence-corrected chi connectivity index (χ0v) is 21.5. The number of rotatable bonds is 8. The number of aliphatic hydroxyl groups excluding tert-OH is 1. The summed E-state index contributed by atoms with van der Waals surface area (Å²) in [5, 5.41) is 23.6. The van der Waals surface area contributed by atoms with Gasteiger partial charge >= 0.3 is 0 Å². The Kier molecular flexibility index (Phi) is 6.49. The SMILES string of the molecule is COc1ncc(CN2C3CC2CN(c2ccc(-c4cc(OCCO)cn5ncc(C#N)c45)cn2)C3)cc1Cl. The molecule has 4 aromatic rings. The van der Waals surface area contributed by atoms with Gasteiger partial charge in [0, 0.05) is 55.2 Å². The van der Waals surface area contributed by atoms with E-state index in [1.54, 1.807) is 17.8 Å². The van der Waals surface area contributed by atoms with Gasteiger partial charge in [0.1, 0.15) is 29.3 Å². The number of nitriles is 1. The second kappa shape index (κ2) is 10.1. The van der Waals surface area contributed by atoms with E-state index in [1.165, 1.54) is 12.6 Å². The van der Waals surface area contributed by atoms with Gasteiger partial charge in [0.25, 0.3) is 0 Å². The molecule has 11 heteroatoms. The maximum atomic E-state index is 9.59. The first kappa shape index (κ1) is 24.4. The Morgan fingerprint density at radius 3 is 2.68 bits per heavy atom. The number of ether oxygens (including phenoxy) is 2. The van der Waals surface area contributed by atoms with Crippen LogP contribution in [0.5, 0.6) is 11.6 Å². The first-order valence-corrected chi connectivity index (χ1v) is 12.8. The summed E-state index contributed by atoms with van der Waals surface area (Å²) in [6, 6.07) is 10.9. The number of fused-ring (bicyclic) bond motifs is 3. The second-order valence-electron chi connectivity index (χ2n) is 9.49. The summed E-state index contributed by atoms with van der Waals surface area (Å²) in [7, 11) is 1.57. The van der Waals surface area contributed by atoms with E-state index >= 15 is 0 Å². The zero-order valence-electron chi connectivity index (χ0n) is 20.8. The van der Waals surface area contributed by atoms with Gasteiger partial charge in [0.15, 0.2) is 0 Å². The predicted molar refractivity (Wildman–Crippen MR) is 141 cm³/mol. The Morgan fingerprint density at radius 2 is 2.00 bits per heavy atom. The van der Waals surface area contributed by atoms with Crippen LogP contribution in [0.15, 0.2) is 49.1 Å². The maximum Gasteiger partial charge on any atom is 0.232 e. The molecule has 0 saturated carbocycles. The van der Waals surface area contributed by atoms with Crippen molar-refractivity contribution in [3.05, 3.63) is 65.2 Å². The van der Waals surface area contributed by atoms with Crippen molar-refractivity contribution in [3.63, 3.8) is 0 Å². The minimum absolute atomic E-state index is 0.0911. The molecule has 3 aliphatic heterocycles. The number of piperazine rings is 1. The average molecular weight is 532 g/mol. The summed E-state index contributed by atoms with van der Waals surface area (Å²) < 4.78 is 12.4. The van der Waals surface area contributed by atoms with Crippen molar-refractivity contribution >= 4 is 22.9 Å². The molecule has 2 atom stereocenters. The van der Waals surface area contributed by atoms with Crippen LogP contribution in [-0.4, -0.2) is 75.1 Å². The molecule has 0 amide bonds. The molecule has 1 N–H and O–H groups in total. The lowest BCUT2D eigenvalue weighted by molar-refractivity contribution is -0.00876. The Balaban J connectivity index is 1.19. The van der Waals surface area contributed by atoms with Crippen molar-refractivity contribution in [1.82, 2.24) is 24.5 Å². The molecule has 0 aliphatic carbocycles. The molecule has 38 heavy (non-hydrogen) atoms. The van der Waals surface area contributed by atoms with Crippen LogP contribution in [0.2, 0.25) is 5.02 Å². The van der Waals surface area contributed by atoms with Crippen LogP contribution in [0.1, 0.15) is 17.5 Å². The molecule has 10 nitrogen and oxygen atoms in total. The first-order chi connectivity index (χ1) is 18.6. The minimum Gasteiger partial charge on any atom is -0.490 e. The molecular formula is C27H26ClN7O3. The third kappa shape index (κ3) is 4.39. The van der Waals surface area contributed by atoms with Crippen LogP contribution in [0, 0.1) is 11.3 Å². The summed E-state index contributed by atoms with van der Waals surface area (Å²) in [5.74, 6) is 1.93. The maximum absolute atomic E-state index is 9.59. The summed E-state index contributed by atoms with van der Waals surface area (Å²) in [6.07, 6.45) is 8.08. The number of pyridine rings is 3. The quantitative estimate of drug-likeness (QED) is 0.366. The molecule has 0 aromatic carbocycles. The van der Waals surface area contributed by atoms with E-state index in [2.05, 4.69) is 26.0 Å². The summed E-state index contributed by atoms with van der Waals surface area (Å²) in [6.45, 7) is 2.69. The van der Waals surface area contributed by atoms with E-state index in [1.807, 2.05) is 36.7 Å². The van der Waals surface area contributed by atoms with Gasteiger partial charge in [-0.05, 0) is 36.2 Å². The number of anilines is 1. The molecule has 7 rings (SSSR count). The van der Waals surface area contributed by atoms with Gasteiger partial charge in [0.05, 0.1) is 37.2 Å². The van der Waals surface area contributed by atoms with Gasteiger partial charge in [-0.15, -0.1) is 0 Å². The van der Waals surface area contributed by atoms with Crippen molar-refractivity contribution < 1.29 is 14.6 Å². The predicted octanol–water partition coefficient (Wildman–Crippen LogP) is 3.16. The fourth-order valence-electron chi connectivity index (χ4n) is 5.42. The van der Waals surface area contributed by atoms with Crippen molar-refractivity contribution in [2.45, 2.75) is 25.0 Å². The Bertz CT molecular complexity index is 1510. The molecule has 0 radical (unpaired) electrons. The minimum atomic E-state index is -0.0911. The highest BCUT2D eigenvalue weighted by Gasteiger charge is 2.44. The topological polar surface area (TPSA) is 112 Å². The van der Waals surface area contributed by atoms with E-state index in [0.29, 0.717) is 39.8 Å². The molecule has 0 spiro atoms. The lowest BCUT2D eigenvalue weighted by atomic mass is 9.87. The number of piperidine rings is 1. The van der Waals surface area contributed by atoms with Gasteiger partial charge in [-0.2, -0.15) is 10.4 Å². The normalized spacial score (nSPS) is 18.7. The number of aromatic nitrogens is 4. The average Bonchev–Trinajstić information content (AvgIpc) is 3.37. The molecule has 194 valence electrons. The van der Waals surface area contributed by atoms with Crippen LogP contribution in [0.3, 0.4) is 0 Å². The highest BCUT2D eigenvalue weighted by molar-refractivity contribution is 6.31. The van der Waals surface area contributed by atoms with E-state index in [-0.39, 0.29) is 13.2 Å².